The van der Waals surface area contributed by atoms with Crippen LogP contribution in [-0.4, -0.2) is 23.6 Å². The van der Waals surface area contributed by atoms with Crippen LogP contribution in [0, 0.1) is 6.92 Å². The number of ether oxygens (including phenoxy) is 1. The molecule has 1 aromatic carbocycles. The average molecular weight is 350 g/mol. The van der Waals surface area contributed by atoms with Gasteiger partial charge in [-0.15, -0.1) is 0 Å². The molecule has 112 valence electrons. The van der Waals surface area contributed by atoms with Crippen molar-refractivity contribution in [3.05, 3.63) is 51.9 Å². The lowest BCUT2D eigenvalue weighted by atomic mass is 10.0. The van der Waals surface area contributed by atoms with E-state index in [-0.39, 0.29) is 6.04 Å². The Kier molecular flexibility index (Phi) is 5.70. The third-order valence-corrected chi connectivity index (χ3v) is 3.94. The van der Waals surface area contributed by atoms with Gasteiger partial charge in [-0.25, -0.2) is 4.98 Å². The van der Waals surface area contributed by atoms with E-state index in [1.807, 2.05) is 0 Å². The summed E-state index contributed by atoms with van der Waals surface area (Å²) in [7, 11) is 1.62. The molecule has 0 saturated carbocycles. The molecule has 2 aromatic rings. The van der Waals surface area contributed by atoms with Crippen molar-refractivity contribution in [3.63, 3.8) is 0 Å². The smallest absolute Gasteiger partial charge is 0.237 e. The first-order chi connectivity index (χ1) is 10.2. The third kappa shape index (κ3) is 3.80. The number of nitrogens with zero attached hydrogens (tertiary/aromatic N) is 2. The van der Waals surface area contributed by atoms with E-state index in [1.54, 1.807) is 19.5 Å². The predicted octanol–water partition coefficient (Wildman–Crippen LogP) is 3.65. The van der Waals surface area contributed by atoms with Crippen LogP contribution in [0.25, 0.3) is 0 Å². The number of nitrogens with one attached hydrogen (secondary N) is 1. The van der Waals surface area contributed by atoms with E-state index in [9.17, 15) is 0 Å². The summed E-state index contributed by atoms with van der Waals surface area (Å²) in [6, 6.07) is 6.25. The highest BCUT2D eigenvalue weighted by molar-refractivity contribution is 9.10. The van der Waals surface area contributed by atoms with Gasteiger partial charge in [0.2, 0.25) is 5.88 Å². The molecule has 1 heterocycles. The quantitative estimate of drug-likeness (QED) is 0.864. The lowest BCUT2D eigenvalue weighted by Crippen LogP contribution is -2.25. The lowest BCUT2D eigenvalue weighted by molar-refractivity contribution is 0.382. The van der Waals surface area contributed by atoms with Crippen molar-refractivity contribution >= 4 is 15.9 Å². The van der Waals surface area contributed by atoms with Gasteiger partial charge in [-0.3, -0.25) is 4.98 Å². The van der Waals surface area contributed by atoms with Crippen LogP contribution in [0.3, 0.4) is 0 Å². The van der Waals surface area contributed by atoms with Gasteiger partial charge in [0.25, 0.3) is 0 Å². The second-order valence-electron chi connectivity index (χ2n) is 4.86. The van der Waals surface area contributed by atoms with Crippen molar-refractivity contribution in [2.75, 3.05) is 13.7 Å². The molecule has 5 heteroatoms. The van der Waals surface area contributed by atoms with E-state index in [1.165, 1.54) is 5.56 Å². The van der Waals surface area contributed by atoms with Crippen molar-refractivity contribution in [1.82, 2.24) is 15.3 Å². The summed E-state index contributed by atoms with van der Waals surface area (Å²) in [6.07, 6.45) is 4.38. The van der Waals surface area contributed by atoms with Gasteiger partial charge in [-0.1, -0.05) is 40.5 Å². The molecule has 0 spiro atoms. The number of hydrogen-bond acceptors (Lipinski definition) is 4. The van der Waals surface area contributed by atoms with Crippen LogP contribution >= 0.6 is 15.9 Å². The summed E-state index contributed by atoms with van der Waals surface area (Å²) in [5, 5.41) is 3.53. The van der Waals surface area contributed by atoms with Crippen LogP contribution in [0.5, 0.6) is 5.88 Å². The molecule has 1 unspecified atom stereocenters. The molecule has 4 nitrogen and oxygen atoms in total. The zero-order valence-corrected chi connectivity index (χ0v) is 14.1. The normalized spacial score (nSPS) is 12.2. The maximum absolute atomic E-state index is 5.37. The molecule has 1 atom stereocenters. The molecule has 0 aliphatic rings. The highest BCUT2D eigenvalue weighted by Gasteiger charge is 2.22. The van der Waals surface area contributed by atoms with Gasteiger partial charge in [0.05, 0.1) is 13.2 Å². The monoisotopic (exact) mass is 349 g/mol. The summed E-state index contributed by atoms with van der Waals surface area (Å²) in [5.74, 6) is 0.555. The van der Waals surface area contributed by atoms with E-state index in [0.29, 0.717) is 5.88 Å². The molecule has 21 heavy (non-hydrogen) atoms. The molecular weight excluding hydrogens is 330 g/mol. The molecule has 0 aliphatic carbocycles. The Hall–Kier alpha value is -1.46. The highest BCUT2D eigenvalue weighted by Crippen LogP contribution is 2.31. The molecule has 0 amide bonds. The van der Waals surface area contributed by atoms with Crippen molar-refractivity contribution in [3.8, 4) is 5.88 Å². The van der Waals surface area contributed by atoms with Gasteiger partial charge >= 0.3 is 0 Å². The third-order valence-electron chi connectivity index (χ3n) is 3.22. The molecule has 0 saturated heterocycles. The van der Waals surface area contributed by atoms with Crippen LogP contribution in [0.15, 0.2) is 35.1 Å². The highest BCUT2D eigenvalue weighted by atomic mass is 79.9. The van der Waals surface area contributed by atoms with E-state index < -0.39 is 0 Å². The van der Waals surface area contributed by atoms with Gasteiger partial charge in [-0.05, 0) is 31.5 Å². The number of hydrogen-bond donors (Lipinski definition) is 1. The standard InChI is InChI=1S/C16H20BrN3O/c1-4-7-18-14(12-10-11(2)5-6-13(12)17)15-16(21-3)20-9-8-19-15/h5-6,8-10,14,18H,4,7H2,1-3H3. The van der Waals surface area contributed by atoms with Crippen LogP contribution in [0.2, 0.25) is 0 Å². The Labute approximate surface area is 134 Å². The second kappa shape index (κ2) is 7.52. The summed E-state index contributed by atoms with van der Waals surface area (Å²) < 4.78 is 6.42. The molecule has 0 aliphatic heterocycles. The fraction of sp³-hybridized carbons (Fsp3) is 0.375. The summed E-state index contributed by atoms with van der Waals surface area (Å²) in [4.78, 5) is 8.74. The number of rotatable bonds is 6. The van der Waals surface area contributed by atoms with E-state index in [0.717, 1.165) is 28.7 Å². The maximum atomic E-state index is 5.37. The number of benzene rings is 1. The minimum Gasteiger partial charge on any atom is -0.480 e. The number of aryl methyl sites for hydroxylation is 1. The van der Waals surface area contributed by atoms with Gasteiger partial charge < -0.3 is 10.1 Å². The number of aromatic nitrogens is 2. The number of methoxy groups -OCH3 is 1. The number of halogens is 1. The van der Waals surface area contributed by atoms with Gasteiger partial charge in [0, 0.05) is 16.9 Å². The molecule has 1 N–H and O–H groups in total. The predicted molar refractivity (Wildman–Crippen MR) is 87.6 cm³/mol. The minimum absolute atomic E-state index is 0.0529. The van der Waals surface area contributed by atoms with E-state index in [4.69, 9.17) is 4.74 Å². The summed E-state index contributed by atoms with van der Waals surface area (Å²) in [5.41, 5.74) is 3.15. The first-order valence-corrected chi connectivity index (χ1v) is 7.81. The Balaban J connectivity index is 2.49. The Morgan fingerprint density at radius 3 is 2.76 bits per heavy atom. The lowest BCUT2D eigenvalue weighted by Gasteiger charge is -2.21. The first kappa shape index (κ1) is 15.9. The molecule has 0 fully saturated rings. The zero-order valence-electron chi connectivity index (χ0n) is 12.6. The molecule has 0 radical (unpaired) electrons. The topological polar surface area (TPSA) is 47.0 Å². The Bertz CT molecular complexity index is 604. The summed E-state index contributed by atoms with van der Waals surface area (Å²) >= 11 is 3.64. The van der Waals surface area contributed by atoms with E-state index >= 15 is 0 Å². The van der Waals surface area contributed by atoms with Crippen LogP contribution < -0.4 is 10.1 Å². The summed E-state index contributed by atoms with van der Waals surface area (Å²) in [6.45, 7) is 5.12. The maximum Gasteiger partial charge on any atom is 0.237 e. The van der Waals surface area contributed by atoms with Gasteiger partial charge in [-0.2, -0.15) is 0 Å². The Morgan fingerprint density at radius 1 is 1.29 bits per heavy atom. The SMILES string of the molecule is CCCNC(c1cc(C)ccc1Br)c1nccnc1OC. The van der Waals surface area contributed by atoms with E-state index in [2.05, 4.69) is 63.3 Å². The fourth-order valence-electron chi connectivity index (χ4n) is 2.22. The Morgan fingerprint density at radius 2 is 2.05 bits per heavy atom. The van der Waals surface area contributed by atoms with Crippen molar-refractivity contribution in [2.45, 2.75) is 26.3 Å². The van der Waals surface area contributed by atoms with Gasteiger partial charge in [0.15, 0.2) is 0 Å². The minimum atomic E-state index is -0.0529. The van der Waals surface area contributed by atoms with Crippen LogP contribution in [0.1, 0.15) is 36.2 Å². The van der Waals surface area contributed by atoms with Crippen LogP contribution in [-0.2, 0) is 0 Å². The largest absolute Gasteiger partial charge is 0.480 e. The zero-order chi connectivity index (χ0) is 15.2. The van der Waals surface area contributed by atoms with Crippen molar-refractivity contribution < 1.29 is 4.74 Å². The van der Waals surface area contributed by atoms with Crippen molar-refractivity contribution in [2.24, 2.45) is 0 Å². The second-order valence-corrected chi connectivity index (χ2v) is 5.72. The molecule has 0 bridgehead atoms. The van der Waals surface area contributed by atoms with Crippen molar-refractivity contribution in [1.29, 1.82) is 0 Å². The molecular formula is C16H20BrN3O. The first-order valence-electron chi connectivity index (χ1n) is 7.01. The van der Waals surface area contributed by atoms with Crippen LogP contribution in [0.4, 0.5) is 0 Å². The molecule has 2 rings (SSSR count). The molecule has 1 aromatic heterocycles. The fourth-order valence-corrected chi connectivity index (χ4v) is 2.69. The van der Waals surface area contributed by atoms with Gasteiger partial charge in [0.1, 0.15) is 5.69 Å². The average Bonchev–Trinajstić information content (AvgIpc) is 2.51.